The summed E-state index contributed by atoms with van der Waals surface area (Å²) < 4.78 is 5.29. The third-order valence-electron chi connectivity index (χ3n) is 3.10. The van der Waals surface area contributed by atoms with Gasteiger partial charge in [0.15, 0.2) is 0 Å². The van der Waals surface area contributed by atoms with E-state index in [0.717, 1.165) is 5.56 Å². The van der Waals surface area contributed by atoms with E-state index in [4.69, 9.17) is 16.3 Å². The van der Waals surface area contributed by atoms with Crippen molar-refractivity contribution < 1.29 is 9.53 Å². The van der Waals surface area contributed by atoms with Gasteiger partial charge in [-0.2, -0.15) is 9.97 Å². The highest BCUT2D eigenvalue weighted by molar-refractivity contribution is 6.31. The standard InChI is InChI=1S/C16H18ClN3O2/c1-4-22-16-18-10(2)15(11(3)19-16)20-14(21)9-12-7-5-6-8-13(12)17/h5-8H,4,9H2,1-3H3,(H,20,21). The van der Waals surface area contributed by atoms with Gasteiger partial charge in [-0.1, -0.05) is 29.8 Å². The maximum Gasteiger partial charge on any atom is 0.316 e. The number of rotatable bonds is 5. The molecule has 0 fully saturated rings. The number of anilines is 1. The van der Waals surface area contributed by atoms with Gasteiger partial charge >= 0.3 is 6.01 Å². The molecule has 0 saturated carbocycles. The van der Waals surface area contributed by atoms with Crippen LogP contribution < -0.4 is 10.1 Å². The number of aromatic nitrogens is 2. The Kier molecular flexibility index (Phi) is 5.33. The predicted octanol–water partition coefficient (Wildman–Crippen LogP) is 3.33. The topological polar surface area (TPSA) is 64.1 Å². The highest BCUT2D eigenvalue weighted by Crippen LogP contribution is 2.21. The van der Waals surface area contributed by atoms with Crippen molar-refractivity contribution in [3.63, 3.8) is 0 Å². The Morgan fingerprint density at radius 1 is 1.23 bits per heavy atom. The molecule has 1 amide bonds. The van der Waals surface area contributed by atoms with Gasteiger partial charge in [0.25, 0.3) is 0 Å². The van der Waals surface area contributed by atoms with Crippen LogP contribution in [-0.2, 0) is 11.2 Å². The number of amides is 1. The first-order valence-corrected chi connectivity index (χ1v) is 7.40. The molecule has 0 atom stereocenters. The second-order valence-electron chi connectivity index (χ2n) is 4.80. The number of carbonyl (C=O) groups excluding carboxylic acids is 1. The quantitative estimate of drug-likeness (QED) is 0.918. The van der Waals surface area contributed by atoms with Crippen LogP contribution in [-0.4, -0.2) is 22.5 Å². The molecule has 1 heterocycles. The summed E-state index contributed by atoms with van der Waals surface area (Å²) in [6, 6.07) is 7.60. The maximum absolute atomic E-state index is 12.2. The minimum Gasteiger partial charge on any atom is -0.464 e. The minimum absolute atomic E-state index is 0.160. The van der Waals surface area contributed by atoms with Crippen molar-refractivity contribution in [3.8, 4) is 6.01 Å². The molecular weight excluding hydrogens is 302 g/mol. The van der Waals surface area contributed by atoms with Crippen LogP contribution in [0.2, 0.25) is 5.02 Å². The fraction of sp³-hybridized carbons (Fsp3) is 0.312. The Labute approximate surface area is 134 Å². The van der Waals surface area contributed by atoms with Gasteiger partial charge in [-0.05, 0) is 32.4 Å². The molecule has 1 aromatic carbocycles. The van der Waals surface area contributed by atoms with Crippen LogP contribution in [0.25, 0.3) is 0 Å². The highest BCUT2D eigenvalue weighted by Gasteiger charge is 2.13. The van der Waals surface area contributed by atoms with E-state index in [2.05, 4.69) is 15.3 Å². The molecule has 22 heavy (non-hydrogen) atoms. The summed E-state index contributed by atoms with van der Waals surface area (Å²) in [5.74, 6) is -0.160. The van der Waals surface area contributed by atoms with E-state index in [1.807, 2.05) is 39.0 Å². The molecular formula is C16H18ClN3O2. The lowest BCUT2D eigenvalue weighted by atomic mass is 10.1. The van der Waals surface area contributed by atoms with Crippen LogP contribution in [0.5, 0.6) is 6.01 Å². The lowest BCUT2D eigenvalue weighted by Crippen LogP contribution is -2.17. The van der Waals surface area contributed by atoms with Crippen molar-refractivity contribution in [3.05, 3.63) is 46.2 Å². The van der Waals surface area contributed by atoms with Crippen molar-refractivity contribution >= 4 is 23.2 Å². The predicted molar refractivity (Wildman–Crippen MR) is 86.5 cm³/mol. The molecule has 0 aliphatic heterocycles. The van der Waals surface area contributed by atoms with E-state index in [9.17, 15) is 4.79 Å². The van der Waals surface area contributed by atoms with E-state index in [1.54, 1.807) is 6.07 Å². The monoisotopic (exact) mass is 319 g/mol. The summed E-state index contributed by atoms with van der Waals surface area (Å²) in [7, 11) is 0. The van der Waals surface area contributed by atoms with E-state index >= 15 is 0 Å². The van der Waals surface area contributed by atoms with E-state index in [-0.39, 0.29) is 12.3 Å². The average molecular weight is 320 g/mol. The zero-order valence-corrected chi connectivity index (χ0v) is 13.6. The summed E-state index contributed by atoms with van der Waals surface area (Å²) in [6.45, 7) is 5.98. The second-order valence-corrected chi connectivity index (χ2v) is 5.21. The number of ether oxygens (including phenoxy) is 1. The molecule has 0 radical (unpaired) electrons. The highest BCUT2D eigenvalue weighted by atomic mass is 35.5. The Morgan fingerprint density at radius 3 is 2.45 bits per heavy atom. The number of benzene rings is 1. The number of hydrogen-bond donors (Lipinski definition) is 1. The third kappa shape index (κ3) is 3.95. The summed E-state index contributed by atoms with van der Waals surface area (Å²) in [6.07, 6.45) is 0.200. The lowest BCUT2D eigenvalue weighted by molar-refractivity contribution is -0.115. The van der Waals surface area contributed by atoms with Crippen LogP contribution in [0.15, 0.2) is 24.3 Å². The van der Waals surface area contributed by atoms with Gasteiger partial charge in [-0.15, -0.1) is 0 Å². The molecule has 0 unspecified atom stereocenters. The fourth-order valence-electron chi connectivity index (χ4n) is 2.06. The number of hydrogen-bond acceptors (Lipinski definition) is 4. The van der Waals surface area contributed by atoms with Gasteiger partial charge in [0.1, 0.15) is 0 Å². The molecule has 5 nitrogen and oxygen atoms in total. The first-order valence-electron chi connectivity index (χ1n) is 7.02. The van der Waals surface area contributed by atoms with Crippen molar-refractivity contribution in [1.29, 1.82) is 0 Å². The fourth-order valence-corrected chi connectivity index (χ4v) is 2.26. The van der Waals surface area contributed by atoms with E-state index < -0.39 is 0 Å². The van der Waals surface area contributed by atoms with Crippen LogP contribution in [0, 0.1) is 13.8 Å². The molecule has 0 aliphatic carbocycles. The Balaban J connectivity index is 2.13. The zero-order valence-electron chi connectivity index (χ0n) is 12.8. The van der Waals surface area contributed by atoms with Crippen LogP contribution in [0.4, 0.5) is 5.69 Å². The Morgan fingerprint density at radius 2 is 1.86 bits per heavy atom. The SMILES string of the molecule is CCOc1nc(C)c(NC(=O)Cc2ccccc2Cl)c(C)n1. The van der Waals surface area contributed by atoms with Gasteiger partial charge in [-0.3, -0.25) is 4.79 Å². The molecule has 2 rings (SSSR count). The van der Waals surface area contributed by atoms with Crippen molar-refractivity contribution in [2.75, 3.05) is 11.9 Å². The largest absolute Gasteiger partial charge is 0.464 e. The lowest BCUT2D eigenvalue weighted by Gasteiger charge is -2.12. The van der Waals surface area contributed by atoms with E-state index in [1.165, 1.54) is 0 Å². The number of nitrogens with zero attached hydrogens (tertiary/aromatic N) is 2. The minimum atomic E-state index is -0.160. The van der Waals surface area contributed by atoms with Gasteiger partial charge < -0.3 is 10.1 Å². The first-order chi connectivity index (χ1) is 10.5. The van der Waals surface area contributed by atoms with E-state index in [0.29, 0.717) is 34.7 Å². The molecule has 1 N–H and O–H groups in total. The van der Waals surface area contributed by atoms with Crippen LogP contribution in [0.1, 0.15) is 23.9 Å². The summed E-state index contributed by atoms with van der Waals surface area (Å²) in [5.41, 5.74) is 2.73. The van der Waals surface area contributed by atoms with Crippen molar-refractivity contribution in [1.82, 2.24) is 9.97 Å². The summed E-state index contributed by atoms with van der Waals surface area (Å²) in [5, 5.41) is 3.42. The zero-order chi connectivity index (χ0) is 16.1. The maximum atomic E-state index is 12.2. The number of aryl methyl sites for hydroxylation is 2. The van der Waals surface area contributed by atoms with Crippen molar-refractivity contribution in [2.24, 2.45) is 0 Å². The van der Waals surface area contributed by atoms with Gasteiger partial charge in [0.05, 0.1) is 30.1 Å². The number of carbonyl (C=O) groups is 1. The Bertz CT molecular complexity index is 666. The third-order valence-corrected chi connectivity index (χ3v) is 3.47. The molecule has 6 heteroatoms. The second kappa shape index (κ2) is 7.22. The summed E-state index contributed by atoms with van der Waals surface area (Å²) in [4.78, 5) is 20.6. The smallest absolute Gasteiger partial charge is 0.316 e. The molecule has 116 valence electrons. The van der Waals surface area contributed by atoms with Gasteiger partial charge in [-0.25, -0.2) is 0 Å². The molecule has 0 spiro atoms. The molecule has 2 aromatic rings. The van der Waals surface area contributed by atoms with Crippen molar-refractivity contribution in [2.45, 2.75) is 27.2 Å². The average Bonchev–Trinajstić information content (AvgIpc) is 2.46. The summed E-state index contributed by atoms with van der Waals surface area (Å²) >= 11 is 6.07. The van der Waals surface area contributed by atoms with Crippen LogP contribution >= 0.6 is 11.6 Å². The first kappa shape index (κ1) is 16.2. The van der Waals surface area contributed by atoms with Crippen LogP contribution in [0.3, 0.4) is 0 Å². The van der Waals surface area contributed by atoms with Gasteiger partial charge in [0.2, 0.25) is 5.91 Å². The molecule has 0 saturated heterocycles. The Hall–Kier alpha value is -2.14. The number of halogens is 1. The van der Waals surface area contributed by atoms with Gasteiger partial charge in [0, 0.05) is 5.02 Å². The molecule has 1 aromatic heterocycles. The number of nitrogens with one attached hydrogen (secondary N) is 1. The molecule has 0 bridgehead atoms. The normalized spacial score (nSPS) is 10.4. The molecule has 0 aliphatic rings.